The molecule has 1 heterocycles. The van der Waals surface area contributed by atoms with Crippen molar-refractivity contribution in [2.75, 3.05) is 6.54 Å². The Kier molecular flexibility index (Phi) is 2.46. The summed E-state index contributed by atoms with van der Waals surface area (Å²) in [5, 5.41) is 9.28. The summed E-state index contributed by atoms with van der Waals surface area (Å²) in [5.74, 6) is 0.260. The second kappa shape index (κ2) is 3.77. The summed E-state index contributed by atoms with van der Waals surface area (Å²) < 4.78 is 0. The molecule has 1 amide bonds. The summed E-state index contributed by atoms with van der Waals surface area (Å²) in [7, 11) is 0. The predicted molar refractivity (Wildman–Crippen MR) is 57.3 cm³/mol. The highest BCUT2D eigenvalue weighted by atomic mass is 16.3. The van der Waals surface area contributed by atoms with Crippen molar-refractivity contribution in [1.82, 2.24) is 4.90 Å². The molecule has 1 aromatic carbocycles. The number of benzene rings is 1. The van der Waals surface area contributed by atoms with E-state index in [0.717, 1.165) is 18.5 Å². The van der Waals surface area contributed by atoms with Gasteiger partial charge >= 0.3 is 0 Å². The van der Waals surface area contributed by atoms with Crippen molar-refractivity contribution in [1.29, 1.82) is 0 Å². The van der Waals surface area contributed by atoms with Gasteiger partial charge in [-0.15, -0.1) is 0 Å². The maximum absolute atomic E-state index is 11.6. The van der Waals surface area contributed by atoms with Gasteiger partial charge in [-0.05, 0) is 24.1 Å². The summed E-state index contributed by atoms with van der Waals surface area (Å²) >= 11 is 0. The Balaban J connectivity index is 2.10. The van der Waals surface area contributed by atoms with Crippen LogP contribution in [-0.4, -0.2) is 22.5 Å². The van der Waals surface area contributed by atoms with Crippen LogP contribution >= 0.6 is 0 Å². The molecule has 0 radical (unpaired) electrons. The first-order valence-electron chi connectivity index (χ1n) is 4.92. The summed E-state index contributed by atoms with van der Waals surface area (Å²) in [6.07, 6.45) is 0.748. The van der Waals surface area contributed by atoms with Crippen molar-refractivity contribution in [2.24, 2.45) is 0 Å². The SMILES string of the molecule is C=C1CCN(Cc2cccc(O)c2)C1=O. The molecule has 1 N–H and O–H groups in total. The van der Waals surface area contributed by atoms with Gasteiger partial charge in [-0.1, -0.05) is 18.7 Å². The average molecular weight is 203 g/mol. The van der Waals surface area contributed by atoms with Crippen LogP contribution in [0.2, 0.25) is 0 Å². The smallest absolute Gasteiger partial charge is 0.249 e. The molecule has 0 unspecified atom stereocenters. The van der Waals surface area contributed by atoms with E-state index in [4.69, 9.17) is 0 Å². The standard InChI is InChI=1S/C12H13NO2/c1-9-5-6-13(12(9)15)8-10-3-2-4-11(14)7-10/h2-4,7,14H,1,5-6,8H2. The van der Waals surface area contributed by atoms with Crippen LogP contribution in [0.25, 0.3) is 0 Å². The molecule has 0 spiro atoms. The highest BCUT2D eigenvalue weighted by molar-refractivity contribution is 5.94. The van der Waals surface area contributed by atoms with E-state index in [1.165, 1.54) is 0 Å². The van der Waals surface area contributed by atoms with E-state index < -0.39 is 0 Å². The Morgan fingerprint density at radius 2 is 2.27 bits per heavy atom. The van der Waals surface area contributed by atoms with Crippen molar-refractivity contribution < 1.29 is 9.90 Å². The van der Waals surface area contributed by atoms with Gasteiger partial charge in [0.2, 0.25) is 5.91 Å². The molecule has 0 bridgehead atoms. The van der Waals surface area contributed by atoms with Gasteiger partial charge in [0, 0.05) is 18.7 Å². The monoisotopic (exact) mass is 203 g/mol. The molecular weight excluding hydrogens is 190 g/mol. The minimum atomic E-state index is 0.0262. The van der Waals surface area contributed by atoms with Gasteiger partial charge in [-0.2, -0.15) is 0 Å². The number of carbonyl (C=O) groups is 1. The first-order chi connectivity index (χ1) is 7.16. The van der Waals surface area contributed by atoms with Crippen molar-refractivity contribution in [3.8, 4) is 5.75 Å². The molecule has 0 atom stereocenters. The third-order valence-corrected chi connectivity index (χ3v) is 2.56. The van der Waals surface area contributed by atoms with E-state index in [1.807, 2.05) is 6.07 Å². The van der Waals surface area contributed by atoms with E-state index >= 15 is 0 Å². The number of phenolic OH excluding ortho intramolecular Hbond substituents is 1. The second-order valence-corrected chi connectivity index (χ2v) is 3.75. The van der Waals surface area contributed by atoms with Gasteiger partial charge in [-0.3, -0.25) is 4.79 Å². The lowest BCUT2D eigenvalue weighted by Gasteiger charge is -2.15. The Hall–Kier alpha value is -1.77. The van der Waals surface area contributed by atoms with Crippen LogP contribution < -0.4 is 0 Å². The molecule has 1 aliphatic rings. The molecular formula is C12H13NO2. The quantitative estimate of drug-likeness (QED) is 0.743. The first kappa shape index (κ1) is 9.77. The van der Waals surface area contributed by atoms with Crippen molar-refractivity contribution >= 4 is 5.91 Å². The van der Waals surface area contributed by atoms with Gasteiger partial charge in [0.05, 0.1) is 0 Å². The fraction of sp³-hybridized carbons (Fsp3) is 0.250. The molecule has 0 aromatic heterocycles. The highest BCUT2D eigenvalue weighted by Gasteiger charge is 2.23. The molecule has 15 heavy (non-hydrogen) atoms. The number of hydrogen-bond donors (Lipinski definition) is 1. The summed E-state index contributed by atoms with van der Waals surface area (Å²) in [4.78, 5) is 13.3. The van der Waals surface area contributed by atoms with Crippen molar-refractivity contribution in [3.05, 3.63) is 42.0 Å². The molecule has 0 saturated carbocycles. The topological polar surface area (TPSA) is 40.5 Å². The molecule has 3 nitrogen and oxygen atoms in total. The molecule has 1 saturated heterocycles. The highest BCUT2D eigenvalue weighted by Crippen LogP contribution is 2.19. The van der Waals surface area contributed by atoms with Crippen LogP contribution in [-0.2, 0) is 11.3 Å². The summed E-state index contributed by atoms with van der Waals surface area (Å²) in [5.41, 5.74) is 1.62. The van der Waals surface area contributed by atoms with E-state index in [9.17, 15) is 9.90 Å². The largest absolute Gasteiger partial charge is 0.508 e. The van der Waals surface area contributed by atoms with Gasteiger partial charge in [0.15, 0.2) is 0 Å². The van der Waals surface area contributed by atoms with E-state index in [0.29, 0.717) is 12.1 Å². The summed E-state index contributed by atoms with van der Waals surface area (Å²) in [6.45, 7) is 4.98. The van der Waals surface area contributed by atoms with Gasteiger partial charge < -0.3 is 10.0 Å². The Labute approximate surface area is 88.6 Å². The number of hydrogen-bond acceptors (Lipinski definition) is 2. The fourth-order valence-corrected chi connectivity index (χ4v) is 1.73. The van der Waals surface area contributed by atoms with E-state index in [-0.39, 0.29) is 11.7 Å². The van der Waals surface area contributed by atoms with Crippen LogP contribution in [0, 0.1) is 0 Å². The Morgan fingerprint density at radius 3 is 2.87 bits per heavy atom. The number of nitrogens with zero attached hydrogens (tertiary/aromatic N) is 1. The number of phenols is 1. The molecule has 1 aromatic rings. The van der Waals surface area contributed by atoms with Gasteiger partial charge in [0.1, 0.15) is 5.75 Å². The zero-order chi connectivity index (χ0) is 10.8. The van der Waals surface area contributed by atoms with Gasteiger partial charge in [0.25, 0.3) is 0 Å². The third-order valence-electron chi connectivity index (χ3n) is 2.56. The lowest BCUT2D eigenvalue weighted by Crippen LogP contribution is -2.24. The van der Waals surface area contributed by atoms with E-state index in [1.54, 1.807) is 23.1 Å². The molecule has 2 rings (SSSR count). The van der Waals surface area contributed by atoms with Crippen LogP contribution in [0.4, 0.5) is 0 Å². The number of aromatic hydroxyl groups is 1. The van der Waals surface area contributed by atoms with Crippen molar-refractivity contribution in [3.63, 3.8) is 0 Å². The van der Waals surface area contributed by atoms with Crippen LogP contribution in [0.3, 0.4) is 0 Å². The number of amides is 1. The maximum Gasteiger partial charge on any atom is 0.249 e. The maximum atomic E-state index is 11.6. The predicted octanol–water partition coefficient (Wildman–Crippen LogP) is 1.68. The third kappa shape index (κ3) is 2.01. The second-order valence-electron chi connectivity index (χ2n) is 3.75. The molecule has 1 fully saturated rings. The zero-order valence-corrected chi connectivity index (χ0v) is 8.44. The lowest BCUT2D eigenvalue weighted by atomic mass is 10.2. The summed E-state index contributed by atoms with van der Waals surface area (Å²) in [6, 6.07) is 6.97. The molecule has 3 heteroatoms. The zero-order valence-electron chi connectivity index (χ0n) is 8.44. The Bertz CT molecular complexity index is 412. The lowest BCUT2D eigenvalue weighted by molar-refractivity contribution is -0.125. The van der Waals surface area contributed by atoms with Crippen LogP contribution in [0.1, 0.15) is 12.0 Å². The minimum absolute atomic E-state index is 0.0262. The van der Waals surface area contributed by atoms with Crippen LogP contribution in [0.5, 0.6) is 5.75 Å². The number of rotatable bonds is 2. The van der Waals surface area contributed by atoms with E-state index in [2.05, 4.69) is 6.58 Å². The van der Waals surface area contributed by atoms with Gasteiger partial charge in [-0.25, -0.2) is 0 Å². The number of carbonyl (C=O) groups excluding carboxylic acids is 1. The minimum Gasteiger partial charge on any atom is -0.508 e. The number of likely N-dealkylation sites (tertiary alicyclic amines) is 1. The van der Waals surface area contributed by atoms with Crippen molar-refractivity contribution in [2.45, 2.75) is 13.0 Å². The molecule has 0 aliphatic carbocycles. The average Bonchev–Trinajstić information content (AvgIpc) is 2.50. The Morgan fingerprint density at radius 1 is 1.47 bits per heavy atom. The normalized spacial score (nSPS) is 16.1. The molecule has 78 valence electrons. The molecule has 1 aliphatic heterocycles. The first-order valence-corrected chi connectivity index (χ1v) is 4.92. The fourth-order valence-electron chi connectivity index (χ4n) is 1.73. The van der Waals surface area contributed by atoms with Crippen LogP contribution in [0.15, 0.2) is 36.4 Å².